The normalized spacial score (nSPS) is 15.0. The summed E-state index contributed by atoms with van der Waals surface area (Å²) in [6.45, 7) is 8.59. The number of ether oxygens (including phenoxy) is 1. The molecule has 0 saturated heterocycles. The van der Waals surface area contributed by atoms with Crippen LogP contribution in [0, 0.1) is 0 Å². The van der Waals surface area contributed by atoms with Crippen LogP contribution in [0.4, 0.5) is 10.6 Å². The van der Waals surface area contributed by atoms with Crippen molar-refractivity contribution in [3.05, 3.63) is 23.4 Å². The number of hydrogen-bond donors (Lipinski definition) is 0. The molecule has 2 heterocycles. The third-order valence-corrected chi connectivity index (χ3v) is 4.00. The summed E-state index contributed by atoms with van der Waals surface area (Å²) in [5.74, 6) is 0.811. The quantitative estimate of drug-likeness (QED) is 0.742. The van der Waals surface area contributed by atoms with Crippen molar-refractivity contribution in [3.63, 3.8) is 0 Å². The van der Waals surface area contributed by atoms with Crippen LogP contribution in [0.25, 0.3) is 0 Å². The van der Waals surface area contributed by atoms with E-state index in [0.717, 1.165) is 49.2 Å². The Hall–Kier alpha value is -1.58. The summed E-state index contributed by atoms with van der Waals surface area (Å²) >= 11 is 0. The van der Waals surface area contributed by atoms with Crippen molar-refractivity contribution in [1.82, 2.24) is 4.98 Å². The zero-order valence-electron chi connectivity index (χ0n) is 15.0. The molecule has 1 amide bonds. The maximum absolute atomic E-state index is 12.6. The highest BCUT2D eigenvalue weighted by Gasteiger charge is 2.27. The number of unbranched alkanes of at least 4 members (excludes halogenated alkanes) is 2. The molecule has 0 aliphatic carbocycles. The van der Waals surface area contributed by atoms with Gasteiger partial charge in [0.1, 0.15) is 11.4 Å². The van der Waals surface area contributed by atoms with Crippen molar-refractivity contribution in [2.24, 2.45) is 0 Å². The second kappa shape index (κ2) is 7.80. The lowest BCUT2D eigenvalue weighted by molar-refractivity contribution is 0.0579. The summed E-state index contributed by atoms with van der Waals surface area (Å²) in [7, 11) is 0. The third-order valence-electron chi connectivity index (χ3n) is 4.00. The first kappa shape index (κ1) is 17.8. The molecule has 4 nitrogen and oxygen atoms in total. The standard InChI is InChI=1S/C19H30N2O2/c1-5-6-7-11-16-13-12-15-10-8-9-14-21(17(15)20-16)18(22)23-19(2,3)4/h12-13H,5-11,14H2,1-4H3. The summed E-state index contributed by atoms with van der Waals surface area (Å²) in [6, 6.07) is 4.26. The molecule has 1 aliphatic heterocycles. The van der Waals surface area contributed by atoms with E-state index < -0.39 is 5.60 Å². The van der Waals surface area contributed by atoms with E-state index in [2.05, 4.69) is 19.1 Å². The van der Waals surface area contributed by atoms with Gasteiger partial charge in [-0.25, -0.2) is 9.78 Å². The first-order chi connectivity index (χ1) is 10.9. The number of hydrogen-bond acceptors (Lipinski definition) is 3. The van der Waals surface area contributed by atoms with E-state index in [0.29, 0.717) is 6.54 Å². The van der Waals surface area contributed by atoms with Gasteiger partial charge in [-0.05, 0) is 64.5 Å². The zero-order chi connectivity index (χ0) is 16.9. The number of fused-ring (bicyclic) bond motifs is 1. The second-order valence-corrected chi connectivity index (χ2v) is 7.33. The largest absolute Gasteiger partial charge is 0.443 e. The number of aryl methyl sites for hydroxylation is 2. The summed E-state index contributed by atoms with van der Waals surface area (Å²) < 4.78 is 5.57. The molecule has 4 heteroatoms. The first-order valence-corrected chi connectivity index (χ1v) is 8.90. The summed E-state index contributed by atoms with van der Waals surface area (Å²) in [5.41, 5.74) is 1.75. The van der Waals surface area contributed by atoms with E-state index in [1.165, 1.54) is 12.8 Å². The number of carbonyl (C=O) groups is 1. The molecule has 0 N–H and O–H groups in total. The van der Waals surface area contributed by atoms with Crippen LogP contribution in [-0.2, 0) is 17.6 Å². The molecule has 1 aromatic rings. The Morgan fingerprint density at radius 1 is 1.26 bits per heavy atom. The minimum absolute atomic E-state index is 0.279. The van der Waals surface area contributed by atoms with Crippen molar-refractivity contribution in [2.45, 2.75) is 78.2 Å². The van der Waals surface area contributed by atoms with Gasteiger partial charge < -0.3 is 4.74 Å². The van der Waals surface area contributed by atoms with Crippen LogP contribution >= 0.6 is 0 Å². The molecule has 0 bridgehead atoms. The molecular weight excluding hydrogens is 288 g/mol. The summed E-state index contributed by atoms with van der Waals surface area (Å²) in [6.07, 6.45) is 7.32. The predicted octanol–water partition coefficient (Wildman–Crippen LogP) is 4.89. The highest BCUT2D eigenvalue weighted by molar-refractivity contribution is 5.87. The highest BCUT2D eigenvalue weighted by atomic mass is 16.6. The van der Waals surface area contributed by atoms with E-state index in [9.17, 15) is 4.79 Å². The predicted molar refractivity (Wildman–Crippen MR) is 94.0 cm³/mol. The van der Waals surface area contributed by atoms with E-state index in [1.54, 1.807) is 4.90 Å². The van der Waals surface area contributed by atoms with Crippen LogP contribution < -0.4 is 4.90 Å². The Balaban J connectivity index is 2.22. The Labute approximate surface area is 140 Å². The Morgan fingerprint density at radius 3 is 2.74 bits per heavy atom. The number of rotatable bonds is 4. The van der Waals surface area contributed by atoms with E-state index in [-0.39, 0.29) is 6.09 Å². The van der Waals surface area contributed by atoms with Gasteiger partial charge >= 0.3 is 6.09 Å². The lowest BCUT2D eigenvalue weighted by Crippen LogP contribution is -2.38. The molecule has 1 aromatic heterocycles. The van der Waals surface area contributed by atoms with Crippen LogP contribution in [0.1, 0.15) is 71.1 Å². The monoisotopic (exact) mass is 318 g/mol. The third kappa shape index (κ3) is 5.22. The molecule has 0 saturated carbocycles. The smallest absolute Gasteiger partial charge is 0.416 e. The second-order valence-electron chi connectivity index (χ2n) is 7.33. The van der Waals surface area contributed by atoms with Gasteiger partial charge in [-0.2, -0.15) is 0 Å². The molecule has 0 radical (unpaired) electrons. The number of carbonyl (C=O) groups excluding carboxylic acids is 1. The molecule has 23 heavy (non-hydrogen) atoms. The maximum atomic E-state index is 12.6. The van der Waals surface area contributed by atoms with Crippen LogP contribution in [0.5, 0.6) is 0 Å². The zero-order valence-corrected chi connectivity index (χ0v) is 15.0. The van der Waals surface area contributed by atoms with Crippen molar-refractivity contribution in [1.29, 1.82) is 0 Å². The average molecular weight is 318 g/mol. The van der Waals surface area contributed by atoms with E-state index >= 15 is 0 Å². The van der Waals surface area contributed by atoms with Crippen molar-refractivity contribution in [3.8, 4) is 0 Å². The fourth-order valence-electron chi connectivity index (χ4n) is 2.83. The van der Waals surface area contributed by atoms with Crippen molar-refractivity contribution in [2.75, 3.05) is 11.4 Å². The highest BCUT2D eigenvalue weighted by Crippen LogP contribution is 2.27. The number of anilines is 1. The molecule has 2 rings (SSSR count). The minimum Gasteiger partial charge on any atom is -0.443 e. The lowest BCUT2D eigenvalue weighted by Gasteiger charge is -2.27. The maximum Gasteiger partial charge on any atom is 0.416 e. The molecule has 0 spiro atoms. The summed E-state index contributed by atoms with van der Waals surface area (Å²) in [4.78, 5) is 19.1. The van der Waals surface area contributed by atoms with Gasteiger partial charge in [0.25, 0.3) is 0 Å². The lowest BCUT2D eigenvalue weighted by atomic mass is 10.1. The molecular formula is C19H30N2O2. The van der Waals surface area contributed by atoms with E-state index in [4.69, 9.17) is 9.72 Å². The van der Waals surface area contributed by atoms with Crippen LogP contribution in [0.3, 0.4) is 0 Å². The number of nitrogens with zero attached hydrogens (tertiary/aromatic N) is 2. The molecule has 0 unspecified atom stereocenters. The van der Waals surface area contributed by atoms with Gasteiger partial charge in [-0.3, -0.25) is 4.90 Å². The molecule has 0 fully saturated rings. The number of pyridine rings is 1. The van der Waals surface area contributed by atoms with Gasteiger partial charge in [-0.15, -0.1) is 0 Å². The Kier molecular flexibility index (Phi) is 6.03. The van der Waals surface area contributed by atoms with Crippen LogP contribution in [0.2, 0.25) is 0 Å². The summed E-state index contributed by atoms with van der Waals surface area (Å²) in [5, 5.41) is 0. The van der Waals surface area contributed by atoms with E-state index in [1.807, 2.05) is 20.8 Å². The molecule has 1 aliphatic rings. The fraction of sp³-hybridized carbons (Fsp3) is 0.684. The molecule has 0 aromatic carbocycles. The minimum atomic E-state index is -0.484. The van der Waals surface area contributed by atoms with Crippen LogP contribution in [0.15, 0.2) is 12.1 Å². The van der Waals surface area contributed by atoms with Gasteiger partial charge in [-0.1, -0.05) is 25.8 Å². The molecule has 0 atom stereocenters. The van der Waals surface area contributed by atoms with Gasteiger partial charge in [0.15, 0.2) is 0 Å². The van der Waals surface area contributed by atoms with Crippen molar-refractivity contribution < 1.29 is 9.53 Å². The Morgan fingerprint density at radius 2 is 2.04 bits per heavy atom. The average Bonchev–Trinajstić information content (AvgIpc) is 2.67. The number of amides is 1. The first-order valence-electron chi connectivity index (χ1n) is 8.90. The molecule has 128 valence electrons. The van der Waals surface area contributed by atoms with Crippen molar-refractivity contribution >= 4 is 11.9 Å². The van der Waals surface area contributed by atoms with Gasteiger partial charge in [0.2, 0.25) is 0 Å². The van der Waals surface area contributed by atoms with Crippen LogP contribution in [-0.4, -0.2) is 23.2 Å². The topological polar surface area (TPSA) is 42.4 Å². The van der Waals surface area contributed by atoms with Gasteiger partial charge in [0, 0.05) is 12.2 Å². The number of aromatic nitrogens is 1. The SMILES string of the molecule is CCCCCc1ccc2c(n1)N(C(=O)OC(C)(C)C)CCCC2. The fourth-order valence-corrected chi connectivity index (χ4v) is 2.83. The Bertz CT molecular complexity index is 535. The van der Waals surface area contributed by atoms with Gasteiger partial charge in [0.05, 0.1) is 0 Å².